The Labute approximate surface area is 234 Å². The highest BCUT2D eigenvalue weighted by Gasteiger charge is 2.25. The number of amidine groups is 2. The predicted molar refractivity (Wildman–Crippen MR) is 160 cm³/mol. The van der Waals surface area contributed by atoms with E-state index in [2.05, 4.69) is 15.9 Å². The Bertz CT molecular complexity index is 1500. The molecular formula is C29H21BrCl2N3OP. The van der Waals surface area contributed by atoms with Crippen LogP contribution in [0, 0.1) is 0 Å². The first-order valence-corrected chi connectivity index (χ1v) is 14.8. The number of allylic oxidation sites excluding steroid dienone is 2. The van der Waals surface area contributed by atoms with E-state index in [1.807, 2.05) is 108 Å². The molecule has 0 radical (unpaired) electrons. The number of rotatable bonds is 5. The molecule has 0 aromatic heterocycles. The molecule has 0 bridgehead atoms. The van der Waals surface area contributed by atoms with Gasteiger partial charge in [0.1, 0.15) is 5.84 Å². The highest BCUT2D eigenvalue weighted by molar-refractivity contribution is 9.11. The molecule has 8 heteroatoms. The monoisotopic (exact) mass is 607 g/mol. The van der Waals surface area contributed by atoms with Gasteiger partial charge >= 0.3 is 0 Å². The maximum Gasteiger partial charge on any atom is 0.238 e. The summed E-state index contributed by atoms with van der Waals surface area (Å²) in [6.45, 7) is 0.596. The van der Waals surface area contributed by atoms with Gasteiger partial charge in [-0.25, -0.2) is 4.99 Å². The van der Waals surface area contributed by atoms with E-state index in [1.54, 1.807) is 0 Å². The smallest absolute Gasteiger partial charge is 0.238 e. The lowest BCUT2D eigenvalue weighted by Gasteiger charge is -2.21. The van der Waals surface area contributed by atoms with E-state index >= 15 is 0 Å². The molecule has 0 amide bonds. The minimum atomic E-state index is -3.64. The van der Waals surface area contributed by atoms with Gasteiger partial charge in [-0.05, 0) is 44.8 Å². The molecule has 0 spiro atoms. The molecular weight excluding hydrogens is 588 g/mol. The van der Waals surface area contributed by atoms with Crippen LogP contribution >= 0.6 is 46.4 Å². The number of hydrogen-bond acceptors (Lipinski definition) is 2. The second-order valence-corrected chi connectivity index (χ2v) is 12.2. The quantitative estimate of drug-likeness (QED) is 0.271. The summed E-state index contributed by atoms with van der Waals surface area (Å²) in [5, 5.41) is 0.644. The van der Waals surface area contributed by atoms with E-state index in [-0.39, 0.29) is 0 Å². The number of benzene rings is 3. The maximum atomic E-state index is 14.6. The van der Waals surface area contributed by atoms with Crippen LogP contribution in [0.1, 0.15) is 22.3 Å². The van der Waals surface area contributed by atoms with Crippen molar-refractivity contribution in [2.75, 3.05) is 0 Å². The summed E-state index contributed by atoms with van der Waals surface area (Å²) in [5.74, 6) is 4.03. The highest BCUT2D eigenvalue weighted by atomic mass is 79.9. The third-order valence-electron chi connectivity index (χ3n) is 5.73. The van der Waals surface area contributed by atoms with Gasteiger partial charge in [0.05, 0.1) is 10.1 Å². The number of halogens is 3. The zero-order valence-electron chi connectivity index (χ0n) is 19.5. The minimum Gasteiger partial charge on any atom is -0.327 e. The van der Waals surface area contributed by atoms with Gasteiger partial charge in [-0.2, -0.15) is 4.76 Å². The first-order chi connectivity index (χ1) is 17.9. The first kappa shape index (κ1) is 25.7. The van der Waals surface area contributed by atoms with Gasteiger partial charge in [0.15, 0.2) is 5.84 Å². The van der Waals surface area contributed by atoms with Gasteiger partial charge in [0, 0.05) is 34.4 Å². The maximum absolute atomic E-state index is 14.6. The van der Waals surface area contributed by atoms with Gasteiger partial charge in [-0.15, -0.1) is 0 Å². The van der Waals surface area contributed by atoms with Gasteiger partial charge in [-0.3, -0.25) is 4.57 Å². The van der Waals surface area contributed by atoms with Crippen LogP contribution in [0.4, 0.5) is 0 Å². The molecule has 4 nitrogen and oxygen atoms in total. The summed E-state index contributed by atoms with van der Waals surface area (Å²) in [7, 11) is -3.64. The predicted octanol–water partition coefficient (Wildman–Crippen LogP) is 9.21. The molecule has 5 rings (SSSR count). The van der Waals surface area contributed by atoms with Crippen LogP contribution < -0.4 is 0 Å². The van der Waals surface area contributed by atoms with E-state index in [9.17, 15) is 4.57 Å². The molecule has 1 unspecified atom stereocenters. The average Bonchev–Trinajstić information content (AvgIpc) is 3.05. The standard InChI is InChI=1S/C29H21BrCl2N3OP/c30-24-15-16-28-33-29(25-14-8-7-13-23(25)17-35(28)18-24)34-37(36,19-26(31)21-9-3-1-4-10-21)20-27(32)22-11-5-2-6-12-22/h1-16,18-20H,17H2/b26-19-,27-20+,34-29?. The Kier molecular flexibility index (Phi) is 7.78. The average molecular weight is 609 g/mol. The summed E-state index contributed by atoms with van der Waals surface area (Å²) in [4.78, 5) is 6.87. The van der Waals surface area contributed by atoms with Crippen molar-refractivity contribution >= 4 is 68.2 Å². The lowest BCUT2D eigenvalue weighted by molar-refractivity contribution is 0.555. The van der Waals surface area contributed by atoms with Crippen LogP contribution in [-0.4, -0.2) is 16.6 Å². The van der Waals surface area contributed by atoms with Crippen LogP contribution in [0.25, 0.3) is 10.1 Å². The zero-order valence-corrected chi connectivity index (χ0v) is 23.5. The van der Waals surface area contributed by atoms with Crippen molar-refractivity contribution in [2.24, 2.45) is 9.76 Å². The fourth-order valence-corrected chi connectivity index (χ4v) is 7.01. The number of nitrogens with zero attached hydrogens (tertiary/aromatic N) is 3. The third kappa shape index (κ3) is 6.14. The Morgan fingerprint density at radius 2 is 1.43 bits per heavy atom. The van der Waals surface area contributed by atoms with E-state index in [4.69, 9.17) is 33.0 Å². The van der Waals surface area contributed by atoms with Crippen LogP contribution in [0.15, 0.2) is 129 Å². The SMILES string of the molecule is O=P(/C=C(\Cl)c1ccccc1)(/C=C(/Cl)c1ccccc1)N=C1N=C2C=CC(Br)=CN2Cc2ccccc21. The summed E-state index contributed by atoms with van der Waals surface area (Å²) in [6, 6.07) is 26.6. The van der Waals surface area contributed by atoms with Crippen LogP contribution in [0.3, 0.4) is 0 Å². The van der Waals surface area contributed by atoms with Gasteiger partial charge in [-0.1, -0.05) is 108 Å². The molecule has 184 valence electrons. The van der Waals surface area contributed by atoms with Crippen molar-refractivity contribution in [2.45, 2.75) is 6.54 Å². The molecule has 3 aromatic carbocycles. The molecule has 2 heterocycles. The van der Waals surface area contributed by atoms with Gasteiger partial charge < -0.3 is 4.90 Å². The molecule has 0 saturated heterocycles. The molecule has 2 aliphatic rings. The van der Waals surface area contributed by atoms with Gasteiger partial charge in [0.25, 0.3) is 0 Å². The van der Waals surface area contributed by atoms with Crippen molar-refractivity contribution < 1.29 is 4.57 Å². The van der Waals surface area contributed by atoms with E-state index in [0.29, 0.717) is 28.3 Å². The molecule has 3 aromatic rings. The molecule has 0 N–H and O–H groups in total. The molecule has 37 heavy (non-hydrogen) atoms. The molecule has 0 fully saturated rings. The largest absolute Gasteiger partial charge is 0.327 e. The Morgan fingerprint density at radius 3 is 2.05 bits per heavy atom. The molecule has 0 aliphatic carbocycles. The van der Waals surface area contributed by atoms with Gasteiger partial charge in [0.2, 0.25) is 7.29 Å². The van der Waals surface area contributed by atoms with E-state index in [0.717, 1.165) is 26.7 Å². The van der Waals surface area contributed by atoms with Crippen molar-refractivity contribution in [3.8, 4) is 0 Å². The summed E-state index contributed by atoms with van der Waals surface area (Å²) in [6.07, 6.45) is 5.79. The second kappa shape index (κ2) is 11.2. The molecule has 0 saturated carbocycles. The first-order valence-electron chi connectivity index (χ1n) is 11.5. The lowest BCUT2D eigenvalue weighted by Crippen LogP contribution is -2.24. The Morgan fingerprint density at radius 1 is 0.865 bits per heavy atom. The normalized spacial score (nSPS) is 18.4. The third-order valence-corrected chi connectivity index (χ3v) is 8.92. The van der Waals surface area contributed by atoms with E-state index < -0.39 is 7.29 Å². The van der Waals surface area contributed by atoms with Crippen molar-refractivity contribution in [3.05, 3.63) is 142 Å². The van der Waals surface area contributed by atoms with Crippen LogP contribution in [-0.2, 0) is 11.1 Å². The van der Waals surface area contributed by atoms with Crippen LogP contribution in [0.5, 0.6) is 0 Å². The molecule has 2 aliphatic heterocycles. The topological polar surface area (TPSA) is 45.0 Å². The van der Waals surface area contributed by atoms with Crippen molar-refractivity contribution in [3.63, 3.8) is 0 Å². The van der Waals surface area contributed by atoms with E-state index in [1.165, 1.54) is 11.6 Å². The Balaban J connectivity index is 1.70. The molecule has 1 atom stereocenters. The zero-order chi connectivity index (χ0) is 25.8. The lowest BCUT2D eigenvalue weighted by atomic mass is 10.1. The highest BCUT2D eigenvalue weighted by Crippen LogP contribution is 2.56. The van der Waals surface area contributed by atoms with Crippen molar-refractivity contribution in [1.29, 1.82) is 0 Å². The fourth-order valence-electron chi connectivity index (χ4n) is 3.95. The number of fused-ring (bicyclic) bond motifs is 2. The Hall–Kier alpha value is -2.95. The van der Waals surface area contributed by atoms with Crippen LogP contribution in [0.2, 0.25) is 0 Å². The van der Waals surface area contributed by atoms with Crippen molar-refractivity contribution in [1.82, 2.24) is 4.90 Å². The second-order valence-electron chi connectivity index (χ2n) is 8.38. The number of hydrogen-bond donors (Lipinski definition) is 0. The summed E-state index contributed by atoms with van der Waals surface area (Å²) < 4.78 is 20.3. The summed E-state index contributed by atoms with van der Waals surface area (Å²) >= 11 is 16.9. The minimum absolute atomic E-state index is 0.322. The summed E-state index contributed by atoms with van der Waals surface area (Å²) in [5.41, 5.74) is 3.28. The number of aliphatic imine (C=N–C) groups is 1. The fraction of sp³-hybridized carbons (Fsp3) is 0.0345.